The van der Waals surface area contributed by atoms with Crippen LogP contribution in [0.4, 0.5) is 0 Å². The fraction of sp³-hybridized carbons (Fsp3) is 0.571. The lowest BCUT2D eigenvalue weighted by molar-refractivity contribution is 0.144. The molecule has 18 heavy (non-hydrogen) atoms. The molecule has 0 fully saturated rings. The van der Waals surface area contributed by atoms with Crippen LogP contribution >= 0.6 is 0 Å². The number of nitrogens with two attached hydrogens (primary N) is 1. The van der Waals surface area contributed by atoms with Crippen LogP contribution in [-0.4, -0.2) is 29.1 Å². The van der Waals surface area contributed by atoms with Crippen LogP contribution in [0.3, 0.4) is 0 Å². The molecular weight excluding hydrogens is 228 g/mol. The minimum Gasteiger partial charge on any atom is -0.396 e. The Labute approximate surface area is 108 Å². The van der Waals surface area contributed by atoms with Crippen LogP contribution in [0.2, 0.25) is 0 Å². The van der Waals surface area contributed by atoms with Crippen LogP contribution in [0.25, 0.3) is 0 Å². The highest BCUT2D eigenvalue weighted by atomic mass is 16.3. The van der Waals surface area contributed by atoms with E-state index in [0.717, 1.165) is 37.0 Å². The number of aliphatic hydroxyl groups is 2. The molecule has 0 heterocycles. The first-order valence-corrected chi connectivity index (χ1v) is 6.59. The molecule has 0 aromatic heterocycles. The monoisotopic (exact) mass is 250 g/mol. The smallest absolute Gasteiger partial charge is 0.146 e. The molecule has 0 spiro atoms. The lowest BCUT2D eigenvalue weighted by Crippen LogP contribution is -2.38. The van der Waals surface area contributed by atoms with Gasteiger partial charge in [0.1, 0.15) is 6.23 Å². The second-order valence-electron chi connectivity index (χ2n) is 4.99. The van der Waals surface area contributed by atoms with Crippen molar-refractivity contribution in [2.45, 2.75) is 38.0 Å². The quantitative estimate of drug-likeness (QED) is 0.439. The summed E-state index contributed by atoms with van der Waals surface area (Å²) in [7, 11) is 0. The molecule has 2 rings (SSSR count). The standard InChI is InChI=1S/C14H22N2O2/c15-11-7-6-10(9-17)13(8-11)14(18)16-12-4-2-1-3-5-12/h1-2,4,8,10-11,14,16-18H,3,5-7,9,15H2. The van der Waals surface area contributed by atoms with Crippen LogP contribution in [0.5, 0.6) is 0 Å². The Balaban J connectivity index is 2.04. The first kappa shape index (κ1) is 13.3. The van der Waals surface area contributed by atoms with Crippen molar-refractivity contribution in [3.63, 3.8) is 0 Å². The molecule has 100 valence electrons. The SMILES string of the molecule is NC1C=C(C(O)NC2=CC=CCC2)C(CO)CC1. The van der Waals surface area contributed by atoms with E-state index in [1.165, 1.54) is 0 Å². The predicted molar refractivity (Wildman–Crippen MR) is 71.5 cm³/mol. The van der Waals surface area contributed by atoms with Crippen molar-refractivity contribution in [1.82, 2.24) is 5.32 Å². The Bertz CT molecular complexity index is 374. The van der Waals surface area contributed by atoms with Gasteiger partial charge in [0.15, 0.2) is 0 Å². The van der Waals surface area contributed by atoms with E-state index in [-0.39, 0.29) is 18.6 Å². The lowest BCUT2D eigenvalue weighted by atomic mass is 9.85. The van der Waals surface area contributed by atoms with Crippen LogP contribution in [-0.2, 0) is 0 Å². The molecule has 0 radical (unpaired) electrons. The largest absolute Gasteiger partial charge is 0.396 e. The number of hydrogen-bond donors (Lipinski definition) is 4. The van der Waals surface area contributed by atoms with Gasteiger partial charge in [0.25, 0.3) is 0 Å². The number of hydrogen-bond acceptors (Lipinski definition) is 4. The molecule has 2 aliphatic carbocycles. The van der Waals surface area contributed by atoms with Gasteiger partial charge in [-0.25, -0.2) is 0 Å². The summed E-state index contributed by atoms with van der Waals surface area (Å²) in [6.07, 6.45) is 10.8. The Morgan fingerprint density at radius 1 is 1.44 bits per heavy atom. The first-order valence-electron chi connectivity index (χ1n) is 6.59. The molecule has 3 unspecified atom stereocenters. The van der Waals surface area contributed by atoms with E-state index in [4.69, 9.17) is 5.73 Å². The average Bonchev–Trinajstić information content (AvgIpc) is 2.40. The fourth-order valence-corrected chi connectivity index (χ4v) is 2.52. The van der Waals surface area contributed by atoms with Gasteiger partial charge >= 0.3 is 0 Å². The van der Waals surface area contributed by atoms with E-state index in [9.17, 15) is 10.2 Å². The average molecular weight is 250 g/mol. The molecule has 0 aliphatic heterocycles. The maximum Gasteiger partial charge on any atom is 0.146 e. The second kappa shape index (κ2) is 6.18. The van der Waals surface area contributed by atoms with Crippen molar-refractivity contribution in [1.29, 1.82) is 0 Å². The molecule has 4 heteroatoms. The van der Waals surface area contributed by atoms with Gasteiger partial charge in [-0.3, -0.25) is 0 Å². The van der Waals surface area contributed by atoms with E-state index in [2.05, 4.69) is 11.4 Å². The minimum absolute atomic E-state index is 0.0144. The van der Waals surface area contributed by atoms with Gasteiger partial charge in [0.2, 0.25) is 0 Å². The van der Waals surface area contributed by atoms with E-state index >= 15 is 0 Å². The Hall–Kier alpha value is -1.10. The highest BCUT2D eigenvalue weighted by molar-refractivity contribution is 5.22. The van der Waals surface area contributed by atoms with Crippen molar-refractivity contribution in [2.75, 3.05) is 6.61 Å². The summed E-state index contributed by atoms with van der Waals surface area (Å²) in [5.41, 5.74) is 7.75. The second-order valence-corrected chi connectivity index (χ2v) is 4.99. The zero-order chi connectivity index (χ0) is 13.0. The third-order valence-electron chi connectivity index (χ3n) is 3.60. The number of aliphatic hydroxyl groups excluding tert-OH is 2. The normalized spacial score (nSPS) is 29.5. The molecule has 5 N–H and O–H groups in total. The lowest BCUT2D eigenvalue weighted by Gasteiger charge is -2.30. The Kier molecular flexibility index (Phi) is 4.58. The summed E-state index contributed by atoms with van der Waals surface area (Å²) in [6, 6.07) is -0.0144. The maximum absolute atomic E-state index is 10.2. The molecule has 3 atom stereocenters. The van der Waals surface area contributed by atoms with Gasteiger partial charge in [-0.05, 0) is 37.3 Å². The van der Waals surface area contributed by atoms with Crippen molar-refractivity contribution >= 4 is 0 Å². The molecule has 0 bridgehead atoms. The summed E-state index contributed by atoms with van der Waals surface area (Å²) in [4.78, 5) is 0. The molecular formula is C14H22N2O2. The van der Waals surface area contributed by atoms with Gasteiger partial charge in [-0.1, -0.05) is 18.2 Å². The van der Waals surface area contributed by atoms with Gasteiger partial charge < -0.3 is 21.3 Å². The summed E-state index contributed by atoms with van der Waals surface area (Å²) < 4.78 is 0. The van der Waals surface area contributed by atoms with Gasteiger partial charge in [-0.15, -0.1) is 0 Å². The molecule has 2 aliphatic rings. The van der Waals surface area contributed by atoms with Gasteiger partial charge in [0.05, 0.1) is 0 Å². The zero-order valence-electron chi connectivity index (χ0n) is 10.5. The highest BCUT2D eigenvalue weighted by Crippen LogP contribution is 2.26. The van der Waals surface area contributed by atoms with Crippen LogP contribution in [0, 0.1) is 5.92 Å². The van der Waals surface area contributed by atoms with Crippen LogP contribution in [0.1, 0.15) is 25.7 Å². The maximum atomic E-state index is 10.2. The molecule has 4 nitrogen and oxygen atoms in total. The predicted octanol–water partition coefficient (Wildman–Crippen LogP) is 0.784. The third kappa shape index (κ3) is 3.22. The van der Waals surface area contributed by atoms with Crippen LogP contribution in [0.15, 0.2) is 35.6 Å². The third-order valence-corrected chi connectivity index (χ3v) is 3.60. The molecule has 0 aromatic carbocycles. The zero-order valence-corrected chi connectivity index (χ0v) is 10.5. The van der Waals surface area contributed by atoms with E-state index in [0.29, 0.717) is 0 Å². The van der Waals surface area contributed by atoms with Crippen molar-refractivity contribution in [3.05, 3.63) is 35.6 Å². The van der Waals surface area contributed by atoms with Crippen molar-refractivity contribution in [2.24, 2.45) is 11.7 Å². The topological polar surface area (TPSA) is 78.5 Å². The van der Waals surface area contributed by atoms with E-state index < -0.39 is 6.23 Å². The number of allylic oxidation sites excluding steroid dienone is 4. The highest BCUT2D eigenvalue weighted by Gasteiger charge is 2.25. The summed E-state index contributed by atoms with van der Waals surface area (Å²) in [5.74, 6) is 0.0204. The molecule has 0 saturated heterocycles. The molecule has 0 aromatic rings. The van der Waals surface area contributed by atoms with Gasteiger partial charge in [0, 0.05) is 24.3 Å². The van der Waals surface area contributed by atoms with Crippen molar-refractivity contribution < 1.29 is 10.2 Å². The first-order chi connectivity index (χ1) is 8.70. The fourth-order valence-electron chi connectivity index (χ4n) is 2.52. The van der Waals surface area contributed by atoms with E-state index in [1.807, 2.05) is 18.2 Å². The van der Waals surface area contributed by atoms with Gasteiger partial charge in [-0.2, -0.15) is 0 Å². The minimum atomic E-state index is -0.744. The summed E-state index contributed by atoms with van der Waals surface area (Å²) >= 11 is 0. The number of rotatable bonds is 4. The molecule has 0 saturated carbocycles. The Morgan fingerprint density at radius 2 is 2.28 bits per heavy atom. The Morgan fingerprint density at radius 3 is 2.94 bits per heavy atom. The van der Waals surface area contributed by atoms with Crippen molar-refractivity contribution in [3.8, 4) is 0 Å². The number of nitrogens with one attached hydrogen (secondary N) is 1. The summed E-state index contributed by atoms with van der Waals surface area (Å²) in [6.45, 7) is 0.0657. The van der Waals surface area contributed by atoms with Crippen LogP contribution < -0.4 is 11.1 Å². The molecule has 0 amide bonds. The summed E-state index contributed by atoms with van der Waals surface area (Å²) in [5, 5.41) is 22.7. The van der Waals surface area contributed by atoms with E-state index in [1.54, 1.807) is 0 Å².